The first-order valence-corrected chi connectivity index (χ1v) is 11.2. The Bertz CT molecular complexity index is 474. The highest BCUT2D eigenvalue weighted by atomic mass is 28.3. The number of hydrogen-bond donors (Lipinski definition) is 2. The maximum absolute atomic E-state index is 10.1. The van der Waals surface area contributed by atoms with Crippen LogP contribution in [0.5, 0.6) is 0 Å². The van der Waals surface area contributed by atoms with Crippen molar-refractivity contribution in [3.63, 3.8) is 0 Å². The van der Waals surface area contributed by atoms with Crippen LogP contribution in [0.1, 0.15) is 34.1 Å². The standard InChI is InChI=1S/C19H32O2Si/c1-15(22(5,6)17-10-8-7-9-11-17)12-13-16(20)14-18(21)19(2,3)4/h7-13,15-16,18,20-21H,14H2,1-6H3/b13-12-/t15-,16+,18-/m0/s1. The van der Waals surface area contributed by atoms with Gasteiger partial charge in [0.15, 0.2) is 0 Å². The molecule has 0 saturated heterocycles. The van der Waals surface area contributed by atoms with Crippen LogP contribution in [-0.2, 0) is 0 Å². The van der Waals surface area contributed by atoms with E-state index in [1.807, 2.05) is 32.9 Å². The van der Waals surface area contributed by atoms with Gasteiger partial charge in [-0.2, -0.15) is 0 Å². The fraction of sp³-hybridized carbons (Fsp3) is 0.579. The number of benzene rings is 1. The molecule has 22 heavy (non-hydrogen) atoms. The highest BCUT2D eigenvalue weighted by molar-refractivity contribution is 6.91. The van der Waals surface area contributed by atoms with Gasteiger partial charge in [0.2, 0.25) is 0 Å². The summed E-state index contributed by atoms with van der Waals surface area (Å²) in [7, 11) is -1.59. The summed E-state index contributed by atoms with van der Waals surface area (Å²) in [5.74, 6) is 0. The van der Waals surface area contributed by atoms with Crippen molar-refractivity contribution in [3.05, 3.63) is 42.5 Å². The highest BCUT2D eigenvalue weighted by Gasteiger charge is 2.29. The molecular formula is C19H32O2Si. The van der Waals surface area contributed by atoms with E-state index in [0.29, 0.717) is 12.0 Å². The van der Waals surface area contributed by atoms with Crippen molar-refractivity contribution in [2.24, 2.45) is 5.41 Å². The summed E-state index contributed by atoms with van der Waals surface area (Å²) in [6.45, 7) is 12.9. The van der Waals surface area contributed by atoms with Crippen LogP contribution < -0.4 is 5.19 Å². The van der Waals surface area contributed by atoms with Gasteiger partial charge in [-0.3, -0.25) is 0 Å². The van der Waals surface area contributed by atoms with Crippen LogP contribution in [0.15, 0.2) is 42.5 Å². The van der Waals surface area contributed by atoms with Crippen molar-refractivity contribution < 1.29 is 10.2 Å². The minimum Gasteiger partial charge on any atom is -0.392 e. The van der Waals surface area contributed by atoms with Gasteiger partial charge < -0.3 is 10.2 Å². The van der Waals surface area contributed by atoms with Crippen molar-refractivity contribution in [3.8, 4) is 0 Å². The number of aliphatic hydroxyl groups excluding tert-OH is 2. The van der Waals surface area contributed by atoms with Crippen LogP contribution in [0.4, 0.5) is 0 Å². The molecule has 0 fully saturated rings. The summed E-state index contributed by atoms with van der Waals surface area (Å²) >= 11 is 0. The van der Waals surface area contributed by atoms with Crippen LogP contribution in [0.3, 0.4) is 0 Å². The third kappa shape index (κ3) is 5.38. The second-order valence-corrected chi connectivity index (χ2v) is 12.9. The zero-order valence-electron chi connectivity index (χ0n) is 14.9. The molecule has 2 N–H and O–H groups in total. The van der Waals surface area contributed by atoms with E-state index in [1.165, 1.54) is 5.19 Å². The van der Waals surface area contributed by atoms with Gasteiger partial charge in [-0.05, 0) is 11.0 Å². The first kappa shape index (κ1) is 19.1. The molecule has 0 bridgehead atoms. The normalized spacial score (nSPS) is 17.5. The predicted molar refractivity (Wildman–Crippen MR) is 98.2 cm³/mol. The molecule has 3 heteroatoms. The number of aliphatic hydroxyl groups is 2. The zero-order chi connectivity index (χ0) is 17.0. The fourth-order valence-corrected chi connectivity index (χ4v) is 4.50. The summed E-state index contributed by atoms with van der Waals surface area (Å²) in [6, 6.07) is 10.6. The lowest BCUT2D eigenvalue weighted by Crippen LogP contribution is -2.44. The Hall–Kier alpha value is -0.903. The number of hydrogen-bond acceptors (Lipinski definition) is 2. The Labute approximate surface area is 136 Å². The minimum atomic E-state index is -1.59. The lowest BCUT2D eigenvalue weighted by molar-refractivity contribution is 0.0256. The van der Waals surface area contributed by atoms with E-state index in [9.17, 15) is 10.2 Å². The summed E-state index contributed by atoms with van der Waals surface area (Å²) in [4.78, 5) is 0. The molecule has 0 saturated carbocycles. The third-order valence-corrected chi connectivity index (χ3v) is 9.03. The Morgan fingerprint density at radius 1 is 1.05 bits per heavy atom. The van der Waals surface area contributed by atoms with Gasteiger partial charge in [-0.25, -0.2) is 0 Å². The Morgan fingerprint density at radius 3 is 2.09 bits per heavy atom. The maximum atomic E-state index is 10.1. The Balaban J connectivity index is 2.69. The summed E-state index contributed by atoms with van der Waals surface area (Å²) in [6.07, 6.45) is 3.29. The summed E-state index contributed by atoms with van der Waals surface area (Å²) in [5, 5.41) is 21.6. The smallest absolute Gasteiger partial charge is 0.0871 e. The van der Waals surface area contributed by atoms with Gasteiger partial charge in [0.25, 0.3) is 0 Å². The van der Waals surface area contributed by atoms with Crippen molar-refractivity contribution >= 4 is 13.3 Å². The van der Waals surface area contributed by atoms with E-state index in [0.717, 1.165) is 0 Å². The van der Waals surface area contributed by atoms with E-state index >= 15 is 0 Å². The quantitative estimate of drug-likeness (QED) is 0.620. The second-order valence-electron chi connectivity index (χ2n) is 7.95. The van der Waals surface area contributed by atoms with E-state index in [1.54, 1.807) is 0 Å². The topological polar surface area (TPSA) is 40.5 Å². The van der Waals surface area contributed by atoms with Gasteiger partial charge >= 0.3 is 0 Å². The van der Waals surface area contributed by atoms with Gasteiger partial charge in [-0.1, -0.05) is 88.5 Å². The molecule has 0 spiro atoms. The minimum absolute atomic E-state index is 0.196. The molecule has 2 nitrogen and oxygen atoms in total. The average molecular weight is 321 g/mol. The number of rotatable bonds is 6. The molecule has 0 heterocycles. The molecule has 1 rings (SSSR count). The Morgan fingerprint density at radius 2 is 1.59 bits per heavy atom. The van der Waals surface area contributed by atoms with Crippen LogP contribution >= 0.6 is 0 Å². The molecule has 0 aliphatic rings. The van der Waals surface area contributed by atoms with E-state index in [-0.39, 0.29) is 5.41 Å². The molecule has 0 aliphatic carbocycles. The van der Waals surface area contributed by atoms with Crippen LogP contribution in [-0.4, -0.2) is 30.5 Å². The maximum Gasteiger partial charge on any atom is 0.0871 e. The molecular weight excluding hydrogens is 288 g/mol. The Kier molecular flexibility index (Phi) is 6.60. The van der Waals surface area contributed by atoms with Crippen molar-refractivity contribution in [2.45, 2.75) is 65.0 Å². The van der Waals surface area contributed by atoms with Crippen molar-refractivity contribution in [1.29, 1.82) is 0 Å². The van der Waals surface area contributed by atoms with Gasteiger partial charge in [0.05, 0.1) is 20.3 Å². The van der Waals surface area contributed by atoms with Gasteiger partial charge in [0, 0.05) is 6.42 Å². The largest absolute Gasteiger partial charge is 0.392 e. The SMILES string of the molecule is C[C@@H](/C=C\[C@@H](O)C[C@H](O)C(C)(C)C)[Si](C)(C)c1ccccc1. The van der Waals surface area contributed by atoms with Crippen LogP contribution in [0.25, 0.3) is 0 Å². The third-order valence-electron chi connectivity index (χ3n) is 4.74. The number of allylic oxidation sites excluding steroid dienone is 1. The second kappa shape index (κ2) is 7.58. The van der Waals surface area contributed by atoms with E-state index < -0.39 is 20.3 Å². The monoisotopic (exact) mass is 320 g/mol. The molecule has 0 amide bonds. The highest BCUT2D eigenvalue weighted by Crippen LogP contribution is 2.25. The fourth-order valence-electron chi connectivity index (χ4n) is 2.33. The molecule has 1 aromatic rings. The van der Waals surface area contributed by atoms with E-state index in [2.05, 4.69) is 50.4 Å². The lowest BCUT2D eigenvalue weighted by atomic mass is 9.86. The first-order chi connectivity index (χ1) is 10.0. The molecule has 0 aliphatic heterocycles. The zero-order valence-corrected chi connectivity index (χ0v) is 15.9. The summed E-state index contributed by atoms with van der Waals surface area (Å²) < 4.78 is 0. The van der Waals surface area contributed by atoms with Gasteiger partial charge in [0.1, 0.15) is 0 Å². The van der Waals surface area contributed by atoms with Crippen molar-refractivity contribution in [1.82, 2.24) is 0 Å². The molecule has 124 valence electrons. The van der Waals surface area contributed by atoms with Gasteiger partial charge in [-0.15, -0.1) is 0 Å². The molecule has 1 aromatic carbocycles. The molecule has 3 atom stereocenters. The average Bonchev–Trinajstić information content (AvgIpc) is 2.44. The molecule has 0 aromatic heterocycles. The summed E-state index contributed by atoms with van der Waals surface area (Å²) in [5.41, 5.74) is 0.231. The first-order valence-electron chi connectivity index (χ1n) is 8.15. The molecule has 0 radical (unpaired) electrons. The van der Waals surface area contributed by atoms with Crippen LogP contribution in [0, 0.1) is 5.41 Å². The predicted octanol–water partition coefficient (Wildman–Crippen LogP) is 3.71. The van der Waals surface area contributed by atoms with Crippen LogP contribution in [0.2, 0.25) is 18.6 Å². The molecule has 0 unspecified atom stereocenters. The van der Waals surface area contributed by atoms with Crippen molar-refractivity contribution in [2.75, 3.05) is 0 Å². The lowest BCUT2D eigenvalue weighted by Gasteiger charge is -2.29. The van der Waals surface area contributed by atoms with E-state index in [4.69, 9.17) is 0 Å².